The molecule has 0 atom stereocenters. The first-order valence-corrected chi connectivity index (χ1v) is 7.60. The predicted octanol–water partition coefficient (Wildman–Crippen LogP) is 1.05. The quantitative estimate of drug-likeness (QED) is 0.733. The molecule has 1 aromatic carbocycles. The molecule has 0 bridgehead atoms. The second-order valence-corrected chi connectivity index (χ2v) is 6.51. The highest BCUT2D eigenvalue weighted by Gasteiger charge is 2.10. The van der Waals surface area contributed by atoms with E-state index in [2.05, 4.69) is 5.32 Å². The highest BCUT2D eigenvalue weighted by Crippen LogP contribution is 2.10. The fraction of sp³-hybridized carbons (Fsp3) is 0.417. The van der Waals surface area contributed by atoms with E-state index < -0.39 is 21.6 Å². The molecule has 0 saturated heterocycles. The first-order valence-electron chi connectivity index (χ1n) is 5.78. The molecule has 7 heteroatoms. The summed E-state index contributed by atoms with van der Waals surface area (Å²) in [4.78, 5) is 10.6. The van der Waals surface area contributed by atoms with Gasteiger partial charge < -0.3 is 10.4 Å². The monoisotopic (exact) mass is 289 g/mol. The molecule has 0 aromatic heterocycles. The number of carboxylic acid groups (broad SMARTS) is 1. The zero-order chi connectivity index (χ0) is 14.5. The lowest BCUT2D eigenvalue weighted by molar-refractivity contribution is 0.0692. The van der Waals surface area contributed by atoms with Gasteiger partial charge in [-0.2, -0.15) is 0 Å². The van der Waals surface area contributed by atoms with Gasteiger partial charge >= 0.3 is 5.97 Å². The van der Waals surface area contributed by atoms with Gasteiger partial charge in [0.2, 0.25) is 0 Å². The van der Waals surface area contributed by atoms with E-state index in [0.29, 0.717) is 5.56 Å². The van der Waals surface area contributed by atoms with Crippen molar-refractivity contribution in [1.29, 1.82) is 0 Å². The number of aromatic carboxylic acids is 1. The van der Waals surface area contributed by atoms with Crippen molar-refractivity contribution in [3.63, 3.8) is 0 Å². The molecule has 0 aliphatic carbocycles. The Morgan fingerprint density at radius 1 is 1.42 bits per heavy atom. The van der Waals surface area contributed by atoms with Crippen molar-refractivity contribution in [2.75, 3.05) is 18.1 Å². The van der Waals surface area contributed by atoms with Crippen LogP contribution in [-0.4, -0.2) is 37.5 Å². The first-order chi connectivity index (χ1) is 8.85. The van der Waals surface area contributed by atoms with E-state index >= 15 is 0 Å². The molecule has 2 N–H and O–H groups in total. The maximum atomic E-state index is 13.3. The molecule has 0 aliphatic rings. The van der Waals surface area contributed by atoms with Crippen LogP contribution in [0.15, 0.2) is 18.2 Å². The minimum atomic E-state index is -3.01. The number of benzene rings is 1. The maximum Gasteiger partial charge on any atom is 0.338 e. The van der Waals surface area contributed by atoms with Crippen molar-refractivity contribution >= 4 is 15.8 Å². The van der Waals surface area contributed by atoms with E-state index in [1.807, 2.05) is 0 Å². The van der Waals surface area contributed by atoms with Gasteiger partial charge in [-0.3, -0.25) is 0 Å². The van der Waals surface area contributed by atoms with Crippen LogP contribution < -0.4 is 5.32 Å². The molecular formula is C12H16FNO4S. The molecule has 1 rings (SSSR count). The molecule has 0 heterocycles. The summed E-state index contributed by atoms with van der Waals surface area (Å²) in [5, 5.41) is 11.5. The minimum Gasteiger partial charge on any atom is -0.478 e. The molecule has 0 unspecified atom stereocenters. The molecule has 0 aliphatic heterocycles. The van der Waals surface area contributed by atoms with Crippen molar-refractivity contribution in [3.8, 4) is 0 Å². The molecule has 5 nitrogen and oxygen atoms in total. The highest BCUT2D eigenvalue weighted by molar-refractivity contribution is 7.91. The molecule has 0 radical (unpaired) electrons. The Labute approximate surface area is 111 Å². The lowest BCUT2D eigenvalue weighted by Crippen LogP contribution is -2.23. The van der Waals surface area contributed by atoms with Gasteiger partial charge in [-0.05, 0) is 17.7 Å². The Morgan fingerprint density at radius 2 is 2.11 bits per heavy atom. The third-order valence-electron chi connectivity index (χ3n) is 2.62. The third kappa shape index (κ3) is 4.96. The van der Waals surface area contributed by atoms with Crippen LogP contribution >= 0.6 is 0 Å². The summed E-state index contributed by atoms with van der Waals surface area (Å²) in [6.45, 7) is 2.14. The number of rotatable bonds is 7. The Hall–Kier alpha value is -1.47. The summed E-state index contributed by atoms with van der Waals surface area (Å²) in [6.07, 6.45) is 0. The average Bonchev–Trinajstić information content (AvgIpc) is 2.34. The van der Waals surface area contributed by atoms with Crippen LogP contribution in [0.5, 0.6) is 0 Å². The van der Waals surface area contributed by atoms with Crippen LogP contribution in [0.25, 0.3) is 0 Å². The van der Waals surface area contributed by atoms with Crippen molar-refractivity contribution < 1.29 is 22.7 Å². The summed E-state index contributed by atoms with van der Waals surface area (Å²) in [5.74, 6) is -1.99. The Bertz CT molecular complexity index is 557. The zero-order valence-electron chi connectivity index (χ0n) is 10.5. The van der Waals surface area contributed by atoms with E-state index in [1.165, 1.54) is 12.1 Å². The lowest BCUT2D eigenvalue weighted by Gasteiger charge is -2.06. The van der Waals surface area contributed by atoms with Gasteiger partial charge in [-0.15, -0.1) is 0 Å². The van der Waals surface area contributed by atoms with Crippen molar-refractivity contribution in [1.82, 2.24) is 5.32 Å². The second-order valence-electron chi connectivity index (χ2n) is 4.03. The van der Waals surface area contributed by atoms with Gasteiger partial charge in [0.05, 0.1) is 11.3 Å². The number of nitrogens with one attached hydrogen (secondary N) is 1. The van der Waals surface area contributed by atoms with Gasteiger partial charge in [-0.1, -0.05) is 13.0 Å². The minimum absolute atomic E-state index is 0.0270. The van der Waals surface area contributed by atoms with Gasteiger partial charge in [-0.25, -0.2) is 17.6 Å². The van der Waals surface area contributed by atoms with Gasteiger partial charge in [0.25, 0.3) is 0 Å². The standard InChI is InChI=1S/C12H16FNO4S/c1-2-19(17,18)6-5-14-8-9-3-4-10(12(15)16)11(13)7-9/h3-4,7,14H,2,5-6,8H2,1H3,(H,15,16). The predicted molar refractivity (Wildman–Crippen MR) is 69.4 cm³/mol. The van der Waals surface area contributed by atoms with Gasteiger partial charge in [0.15, 0.2) is 9.84 Å². The van der Waals surface area contributed by atoms with Crippen LogP contribution in [0.3, 0.4) is 0 Å². The summed E-state index contributed by atoms with van der Waals surface area (Å²) in [5.41, 5.74) is 0.189. The van der Waals surface area contributed by atoms with E-state index in [-0.39, 0.29) is 30.2 Å². The second kappa shape index (κ2) is 6.63. The van der Waals surface area contributed by atoms with E-state index in [9.17, 15) is 17.6 Å². The summed E-state index contributed by atoms with van der Waals surface area (Å²) in [7, 11) is -3.01. The van der Waals surface area contributed by atoms with Crippen molar-refractivity contribution in [2.45, 2.75) is 13.5 Å². The molecule has 0 saturated carbocycles. The number of halogens is 1. The van der Waals surface area contributed by atoms with Crippen LogP contribution in [0.1, 0.15) is 22.8 Å². The Balaban J connectivity index is 2.51. The molecule has 106 valence electrons. The summed E-state index contributed by atoms with van der Waals surface area (Å²) < 4.78 is 35.8. The van der Waals surface area contributed by atoms with Gasteiger partial charge in [0, 0.05) is 18.8 Å². The van der Waals surface area contributed by atoms with Crippen LogP contribution in [0.2, 0.25) is 0 Å². The molecule has 0 amide bonds. The number of hydrogen-bond donors (Lipinski definition) is 2. The highest BCUT2D eigenvalue weighted by atomic mass is 32.2. The SMILES string of the molecule is CCS(=O)(=O)CCNCc1ccc(C(=O)O)c(F)c1. The zero-order valence-corrected chi connectivity index (χ0v) is 11.3. The smallest absolute Gasteiger partial charge is 0.338 e. The lowest BCUT2D eigenvalue weighted by atomic mass is 10.1. The third-order valence-corrected chi connectivity index (χ3v) is 4.33. The number of sulfone groups is 1. The van der Waals surface area contributed by atoms with Crippen molar-refractivity contribution in [2.24, 2.45) is 0 Å². The number of carbonyl (C=O) groups is 1. The van der Waals surface area contributed by atoms with Crippen LogP contribution in [0, 0.1) is 5.82 Å². The number of hydrogen-bond acceptors (Lipinski definition) is 4. The molecule has 0 spiro atoms. The van der Waals surface area contributed by atoms with Gasteiger partial charge in [0.1, 0.15) is 5.82 Å². The topological polar surface area (TPSA) is 83.5 Å². The Morgan fingerprint density at radius 3 is 2.63 bits per heavy atom. The molecule has 19 heavy (non-hydrogen) atoms. The molecular weight excluding hydrogens is 273 g/mol. The average molecular weight is 289 g/mol. The largest absolute Gasteiger partial charge is 0.478 e. The summed E-state index contributed by atoms with van der Waals surface area (Å²) in [6, 6.07) is 3.82. The van der Waals surface area contributed by atoms with E-state index in [1.54, 1.807) is 6.92 Å². The summed E-state index contributed by atoms with van der Waals surface area (Å²) >= 11 is 0. The fourth-order valence-corrected chi connectivity index (χ4v) is 2.19. The van der Waals surface area contributed by atoms with Crippen LogP contribution in [-0.2, 0) is 16.4 Å². The molecule has 0 fully saturated rings. The first kappa shape index (κ1) is 15.6. The van der Waals surface area contributed by atoms with E-state index in [0.717, 1.165) is 6.07 Å². The maximum absolute atomic E-state index is 13.3. The van der Waals surface area contributed by atoms with Crippen molar-refractivity contribution in [3.05, 3.63) is 35.1 Å². The van der Waals surface area contributed by atoms with Crippen LogP contribution in [0.4, 0.5) is 4.39 Å². The fourth-order valence-electron chi connectivity index (χ4n) is 1.45. The molecule has 1 aromatic rings. The number of carboxylic acids is 1. The normalized spacial score (nSPS) is 11.5. The van der Waals surface area contributed by atoms with E-state index in [4.69, 9.17) is 5.11 Å². The Kier molecular flexibility index (Phi) is 5.44.